The molecule has 1 heterocycles. The minimum Gasteiger partial charge on any atom is -0.341 e. The Morgan fingerprint density at radius 2 is 1.96 bits per heavy atom. The highest BCUT2D eigenvalue weighted by atomic mass is 16.6. The predicted octanol–water partition coefficient (Wildman–Crippen LogP) is 2.13. The van der Waals surface area contributed by atoms with Gasteiger partial charge in [-0.1, -0.05) is 6.07 Å². The fourth-order valence-corrected chi connectivity index (χ4v) is 2.17. The van der Waals surface area contributed by atoms with Gasteiger partial charge in [0.2, 0.25) is 5.91 Å². The lowest BCUT2D eigenvalue weighted by molar-refractivity contribution is -0.384. The standard InChI is InChI=1S/C16H19N5O4/c1-10(2)20-14(7-8-17-20)19-15(22)11(3)18-16(23)12-5-4-6-13(9-12)21(24)25/h4-11H,1-3H3,(H,18,23)(H,19,22). The summed E-state index contributed by atoms with van der Waals surface area (Å²) >= 11 is 0. The van der Waals surface area contributed by atoms with Crippen LogP contribution in [0.25, 0.3) is 0 Å². The second-order valence-electron chi connectivity index (χ2n) is 5.75. The molecule has 132 valence electrons. The van der Waals surface area contributed by atoms with Gasteiger partial charge >= 0.3 is 0 Å². The summed E-state index contributed by atoms with van der Waals surface area (Å²) in [7, 11) is 0. The van der Waals surface area contributed by atoms with Gasteiger partial charge in [-0.25, -0.2) is 4.68 Å². The Bertz CT molecular complexity index is 799. The molecule has 0 fully saturated rings. The molecule has 1 atom stereocenters. The summed E-state index contributed by atoms with van der Waals surface area (Å²) < 4.78 is 1.65. The molecule has 0 bridgehead atoms. The number of benzene rings is 1. The number of nitrogens with one attached hydrogen (secondary N) is 2. The lowest BCUT2D eigenvalue weighted by Crippen LogP contribution is -2.42. The molecular weight excluding hydrogens is 326 g/mol. The van der Waals surface area contributed by atoms with Gasteiger partial charge < -0.3 is 10.6 Å². The first-order valence-corrected chi connectivity index (χ1v) is 7.69. The van der Waals surface area contributed by atoms with Crippen LogP contribution in [0.5, 0.6) is 0 Å². The molecule has 0 spiro atoms. The molecule has 0 saturated heterocycles. The Morgan fingerprint density at radius 1 is 1.24 bits per heavy atom. The zero-order chi connectivity index (χ0) is 18.6. The normalized spacial score (nSPS) is 11.8. The van der Waals surface area contributed by atoms with Crippen molar-refractivity contribution >= 4 is 23.3 Å². The molecule has 2 amide bonds. The summed E-state index contributed by atoms with van der Waals surface area (Å²) in [4.78, 5) is 34.6. The van der Waals surface area contributed by atoms with Gasteiger partial charge in [0.25, 0.3) is 11.6 Å². The summed E-state index contributed by atoms with van der Waals surface area (Å²) in [5.74, 6) is -0.457. The smallest absolute Gasteiger partial charge is 0.270 e. The molecule has 9 nitrogen and oxygen atoms in total. The zero-order valence-electron chi connectivity index (χ0n) is 14.1. The van der Waals surface area contributed by atoms with Gasteiger partial charge in [0.1, 0.15) is 11.9 Å². The van der Waals surface area contributed by atoms with E-state index in [2.05, 4.69) is 15.7 Å². The maximum Gasteiger partial charge on any atom is 0.270 e. The van der Waals surface area contributed by atoms with E-state index in [1.165, 1.54) is 25.1 Å². The second kappa shape index (κ2) is 7.56. The molecule has 0 radical (unpaired) electrons. The van der Waals surface area contributed by atoms with E-state index >= 15 is 0 Å². The molecule has 0 aliphatic carbocycles. The van der Waals surface area contributed by atoms with E-state index in [-0.39, 0.29) is 17.3 Å². The number of hydrogen-bond donors (Lipinski definition) is 2. The van der Waals surface area contributed by atoms with E-state index in [0.717, 1.165) is 6.07 Å². The Morgan fingerprint density at radius 3 is 2.60 bits per heavy atom. The Hall–Kier alpha value is -3.23. The van der Waals surface area contributed by atoms with Crippen LogP contribution in [0.15, 0.2) is 36.5 Å². The van der Waals surface area contributed by atoms with Crippen molar-refractivity contribution in [1.82, 2.24) is 15.1 Å². The number of aromatic nitrogens is 2. The highest BCUT2D eigenvalue weighted by Crippen LogP contribution is 2.14. The second-order valence-corrected chi connectivity index (χ2v) is 5.75. The van der Waals surface area contributed by atoms with Crippen molar-refractivity contribution in [1.29, 1.82) is 0 Å². The topological polar surface area (TPSA) is 119 Å². The maximum absolute atomic E-state index is 12.3. The van der Waals surface area contributed by atoms with Gasteiger partial charge in [-0.2, -0.15) is 5.10 Å². The lowest BCUT2D eigenvalue weighted by atomic mass is 10.1. The van der Waals surface area contributed by atoms with Crippen molar-refractivity contribution < 1.29 is 14.5 Å². The van der Waals surface area contributed by atoms with Gasteiger partial charge in [0.05, 0.1) is 11.1 Å². The Kier molecular flexibility index (Phi) is 5.48. The number of anilines is 1. The van der Waals surface area contributed by atoms with Gasteiger partial charge in [0.15, 0.2) is 0 Å². The number of non-ortho nitro benzene ring substituents is 1. The van der Waals surface area contributed by atoms with Crippen LogP contribution in [0.3, 0.4) is 0 Å². The molecule has 0 saturated carbocycles. The van der Waals surface area contributed by atoms with Crippen LogP contribution < -0.4 is 10.6 Å². The van der Waals surface area contributed by atoms with Gasteiger partial charge in [-0.05, 0) is 26.8 Å². The molecular formula is C16H19N5O4. The van der Waals surface area contributed by atoms with E-state index in [1.807, 2.05) is 13.8 Å². The number of carbonyl (C=O) groups excluding carboxylic acids is 2. The molecule has 2 N–H and O–H groups in total. The fraction of sp³-hybridized carbons (Fsp3) is 0.312. The van der Waals surface area contributed by atoms with Crippen molar-refractivity contribution in [3.8, 4) is 0 Å². The van der Waals surface area contributed by atoms with Crippen LogP contribution in [0, 0.1) is 10.1 Å². The number of carbonyl (C=O) groups is 2. The third-order valence-electron chi connectivity index (χ3n) is 3.47. The Labute approximate surface area is 144 Å². The molecule has 0 aliphatic heterocycles. The van der Waals surface area contributed by atoms with Gasteiger partial charge in [-0.15, -0.1) is 0 Å². The number of nitro benzene ring substituents is 1. The summed E-state index contributed by atoms with van der Waals surface area (Å²) in [6.07, 6.45) is 1.57. The SMILES string of the molecule is CC(NC(=O)c1cccc([N+](=O)[O-])c1)C(=O)Nc1ccnn1C(C)C. The summed E-state index contributed by atoms with van der Waals surface area (Å²) in [6.45, 7) is 5.38. The maximum atomic E-state index is 12.3. The van der Waals surface area contributed by atoms with Crippen LogP contribution in [0.1, 0.15) is 37.2 Å². The quantitative estimate of drug-likeness (QED) is 0.614. The van der Waals surface area contributed by atoms with Gasteiger partial charge in [0, 0.05) is 29.8 Å². The average Bonchev–Trinajstić information content (AvgIpc) is 3.03. The third kappa shape index (κ3) is 4.40. The molecule has 1 aromatic heterocycles. The molecule has 25 heavy (non-hydrogen) atoms. The summed E-state index contributed by atoms with van der Waals surface area (Å²) in [5.41, 5.74) is -0.0772. The van der Waals surface area contributed by atoms with Crippen molar-refractivity contribution in [3.05, 3.63) is 52.2 Å². The molecule has 2 aromatic rings. The van der Waals surface area contributed by atoms with E-state index < -0.39 is 22.8 Å². The number of nitrogens with zero attached hydrogens (tertiary/aromatic N) is 3. The summed E-state index contributed by atoms with van der Waals surface area (Å²) in [5, 5.41) is 20.1. The number of hydrogen-bond acceptors (Lipinski definition) is 5. The number of amides is 2. The molecule has 1 unspecified atom stereocenters. The minimum absolute atomic E-state index is 0.0695. The minimum atomic E-state index is -0.831. The monoisotopic (exact) mass is 345 g/mol. The zero-order valence-corrected chi connectivity index (χ0v) is 14.1. The fourth-order valence-electron chi connectivity index (χ4n) is 2.17. The molecule has 2 rings (SSSR count). The highest BCUT2D eigenvalue weighted by Gasteiger charge is 2.19. The molecule has 0 aliphatic rings. The van der Waals surface area contributed by atoms with Crippen LogP contribution in [-0.4, -0.2) is 32.6 Å². The van der Waals surface area contributed by atoms with E-state index in [9.17, 15) is 19.7 Å². The molecule has 9 heteroatoms. The largest absolute Gasteiger partial charge is 0.341 e. The van der Waals surface area contributed by atoms with Gasteiger partial charge in [-0.3, -0.25) is 19.7 Å². The van der Waals surface area contributed by atoms with Crippen LogP contribution >= 0.6 is 0 Å². The molecule has 1 aromatic carbocycles. The van der Waals surface area contributed by atoms with Crippen LogP contribution in [0.4, 0.5) is 11.5 Å². The predicted molar refractivity (Wildman–Crippen MR) is 91.3 cm³/mol. The van der Waals surface area contributed by atoms with E-state index in [1.54, 1.807) is 16.9 Å². The van der Waals surface area contributed by atoms with Crippen molar-refractivity contribution in [2.24, 2.45) is 0 Å². The first-order valence-electron chi connectivity index (χ1n) is 7.69. The van der Waals surface area contributed by atoms with E-state index in [0.29, 0.717) is 5.82 Å². The highest BCUT2D eigenvalue weighted by molar-refractivity contribution is 6.00. The first-order chi connectivity index (χ1) is 11.8. The third-order valence-corrected chi connectivity index (χ3v) is 3.47. The van der Waals surface area contributed by atoms with Crippen molar-refractivity contribution in [2.75, 3.05) is 5.32 Å². The Balaban J connectivity index is 2.03. The van der Waals surface area contributed by atoms with Crippen LogP contribution in [-0.2, 0) is 4.79 Å². The number of nitro groups is 1. The first kappa shape index (κ1) is 18.1. The number of rotatable bonds is 6. The lowest BCUT2D eigenvalue weighted by Gasteiger charge is -2.16. The van der Waals surface area contributed by atoms with Crippen molar-refractivity contribution in [3.63, 3.8) is 0 Å². The van der Waals surface area contributed by atoms with E-state index in [4.69, 9.17) is 0 Å². The summed E-state index contributed by atoms with van der Waals surface area (Å²) in [6, 6.07) is 6.21. The van der Waals surface area contributed by atoms with Crippen LogP contribution in [0.2, 0.25) is 0 Å². The average molecular weight is 345 g/mol. The van der Waals surface area contributed by atoms with Crippen molar-refractivity contribution in [2.45, 2.75) is 32.9 Å².